The topological polar surface area (TPSA) is 63.9 Å². The molecule has 3 aromatic heterocycles. The van der Waals surface area contributed by atoms with Crippen molar-refractivity contribution in [2.24, 2.45) is 0 Å². The molecule has 2 fully saturated rings. The largest absolute Gasteiger partial charge is 0.337 e. The highest BCUT2D eigenvalue weighted by molar-refractivity contribution is 7.99. The van der Waals surface area contributed by atoms with Gasteiger partial charge in [-0.3, -0.25) is 4.79 Å². The van der Waals surface area contributed by atoms with Gasteiger partial charge < -0.3 is 4.90 Å². The summed E-state index contributed by atoms with van der Waals surface area (Å²) in [5.74, 6) is 3.01. The van der Waals surface area contributed by atoms with Crippen LogP contribution in [0.25, 0.3) is 17.2 Å². The number of aromatic nitrogens is 4. The van der Waals surface area contributed by atoms with Crippen molar-refractivity contribution in [3.8, 4) is 17.2 Å². The molecule has 8 heteroatoms. The molecule has 1 aliphatic carbocycles. The third kappa shape index (κ3) is 3.59. The Bertz CT molecular complexity index is 1060. The lowest BCUT2D eigenvalue weighted by Gasteiger charge is -2.26. The quantitative estimate of drug-likeness (QED) is 0.630. The maximum atomic E-state index is 13.2. The van der Waals surface area contributed by atoms with Crippen molar-refractivity contribution < 1.29 is 4.79 Å². The summed E-state index contributed by atoms with van der Waals surface area (Å²) in [7, 11) is 0. The zero-order chi connectivity index (χ0) is 20.0. The van der Waals surface area contributed by atoms with Crippen molar-refractivity contribution in [2.75, 3.05) is 24.6 Å². The van der Waals surface area contributed by atoms with E-state index in [1.165, 1.54) is 9.75 Å². The van der Waals surface area contributed by atoms with Gasteiger partial charge in [0.2, 0.25) is 0 Å². The smallest absolute Gasteiger partial charge is 0.257 e. The summed E-state index contributed by atoms with van der Waals surface area (Å²) in [4.78, 5) is 26.9. The standard InChI is InChI=1S/C21H23N5OS2/c1-13-11-16(14(2)29-13)18-5-6-22-21(24-18)26-19(15-3-4-15)17(12-23-26)20(27)25-7-9-28-10-8-25/h5-6,11-12,15H,3-4,7-10H2,1-2H3. The maximum Gasteiger partial charge on any atom is 0.257 e. The monoisotopic (exact) mass is 425 g/mol. The van der Waals surface area contributed by atoms with Gasteiger partial charge in [-0.2, -0.15) is 16.9 Å². The molecule has 1 amide bonds. The molecular weight excluding hydrogens is 402 g/mol. The molecular formula is C21H23N5OS2. The number of hydrogen-bond donors (Lipinski definition) is 0. The Kier molecular flexibility index (Phi) is 4.91. The first-order chi connectivity index (χ1) is 14.1. The minimum atomic E-state index is 0.0962. The Morgan fingerprint density at radius 1 is 1.21 bits per heavy atom. The molecule has 4 heterocycles. The van der Waals surface area contributed by atoms with Crippen LogP contribution >= 0.6 is 23.1 Å². The summed E-state index contributed by atoms with van der Waals surface area (Å²) in [6.07, 6.45) is 5.67. The molecule has 0 aromatic carbocycles. The van der Waals surface area contributed by atoms with Crippen LogP contribution in [0.4, 0.5) is 0 Å². The molecule has 1 saturated heterocycles. The van der Waals surface area contributed by atoms with Gasteiger partial charge in [0.05, 0.1) is 23.1 Å². The molecule has 6 nitrogen and oxygen atoms in total. The van der Waals surface area contributed by atoms with Crippen LogP contribution in [0.15, 0.2) is 24.5 Å². The average Bonchev–Trinajstić information content (AvgIpc) is 3.39. The van der Waals surface area contributed by atoms with Crippen LogP contribution in [0.2, 0.25) is 0 Å². The summed E-state index contributed by atoms with van der Waals surface area (Å²) in [6.45, 7) is 5.84. The van der Waals surface area contributed by atoms with Gasteiger partial charge in [-0.05, 0) is 38.8 Å². The molecule has 2 aliphatic rings. The summed E-state index contributed by atoms with van der Waals surface area (Å²) >= 11 is 3.68. The van der Waals surface area contributed by atoms with E-state index in [0.29, 0.717) is 11.9 Å². The van der Waals surface area contributed by atoms with Crippen molar-refractivity contribution in [3.05, 3.63) is 45.5 Å². The Labute approximate surface area is 178 Å². The summed E-state index contributed by atoms with van der Waals surface area (Å²) in [6, 6.07) is 4.11. The SMILES string of the molecule is Cc1cc(-c2ccnc(-n3ncc(C(=O)N4CCSCC4)c3C3CC3)n2)c(C)s1. The van der Waals surface area contributed by atoms with E-state index in [1.807, 2.05) is 22.7 Å². The molecule has 1 saturated carbocycles. The Morgan fingerprint density at radius 3 is 2.69 bits per heavy atom. The third-order valence-electron chi connectivity index (χ3n) is 5.45. The third-order valence-corrected chi connectivity index (χ3v) is 7.36. The first-order valence-electron chi connectivity index (χ1n) is 9.97. The van der Waals surface area contributed by atoms with E-state index in [4.69, 9.17) is 4.98 Å². The highest BCUT2D eigenvalue weighted by Crippen LogP contribution is 2.42. The highest BCUT2D eigenvalue weighted by Gasteiger charge is 2.35. The van der Waals surface area contributed by atoms with Crippen LogP contribution in [0.5, 0.6) is 0 Å². The summed E-state index contributed by atoms with van der Waals surface area (Å²) < 4.78 is 1.79. The van der Waals surface area contributed by atoms with E-state index < -0.39 is 0 Å². The lowest BCUT2D eigenvalue weighted by atomic mass is 10.1. The molecule has 1 aliphatic heterocycles. The highest BCUT2D eigenvalue weighted by atomic mass is 32.2. The number of nitrogens with zero attached hydrogens (tertiary/aromatic N) is 5. The number of carbonyl (C=O) groups is 1. The van der Waals surface area contributed by atoms with Crippen LogP contribution in [0.3, 0.4) is 0 Å². The van der Waals surface area contributed by atoms with Crippen LogP contribution in [-0.4, -0.2) is 55.2 Å². The average molecular weight is 426 g/mol. The Hall–Kier alpha value is -2.19. The van der Waals surface area contributed by atoms with Crippen molar-refractivity contribution >= 4 is 29.0 Å². The molecule has 0 atom stereocenters. The number of aryl methyl sites for hydroxylation is 2. The van der Waals surface area contributed by atoms with Crippen LogP contribution in [0.1, 0.15) is 44.6 Å². The first-order valence-corrected chi connectivity index (χ1v) is 11.9. The van der Waals surface area contributed by atoms with Gasteiger partial charge >= 0.3 is 0 Å². The van der Waals surface area contributed by atoms with Crippen LogP contribution in [-0.2, 0) is 0 Å². The van der Waals surface area contributed by atoms with E-state index in [0.717, 1.165) is 60.0 Å². The predicted molar refractivity (Wildman–Crippen MR) is 117 cm³/mol. The minimum absolute atomic E-state index is 0.0962. The normalized spacial score (nSPS) is 17.0. The van der Waals surface area contributed by atoms with E-state index >= 15 is 0 Å². The zero-order valence-electron chi connectivity index (χ0n) is 16.6. The fraction of sp³-hybridized carbons (Fsp3) is 0.429. The van der Waals surface area contributed by atoms with Gasteiger partial charge in [0, 0.05) is 52.0 Å². The number of thioether (sulfide) groups is 1. The fourth-order valence-corrected chi connectivity index (χ4v) is 5.69. The van der Waals surface area contributed by atoms with E-state index in [1.54, 1.807) is 28.4 Å². The molecule has 0 spiro atoms. The Morgan fingerprint density at radius 2 is 2.00 bits per heavy atom. The van der Waals surface area contributed by atoms with E-state index in [9.17, 15) is 4.79 Å². The number of hydrogen-bond acceptors (Lipinski definition) is 6. The second-order valence-corrected chi connectivity index (χ2v) is 10.3. The minimum Gasteiger partial charge on any atom is -0.337 e. The number of amides is 1. The first kappa shape index (κ1) is 18.8. The Balaban J connectivity index is 1.53. The lowest BCUT2D eigenvalue weighted by Crippen LogP contribution is -2.38. The molecule has 0 N–H and O–H groups in total. The van der Waals surface area contributed by atoms with Gasteiger partial charge in [-0.1, -0.05) is 0 Å². The number of rotatable bonds is 4. The van der Waals surface area contributed by atoms with Crippen LogP contribution < -0.4 is 0 Å². The zero-order valence-corrected chi connectivity index (χ0v) is 18.2. The maximum absolute atomic E-state index is 13.2. The molecule has 0 radical (unpaired) electrons. The second-order valence-electron chi connectivity index (χ2n) is 7.60. The van der Waals surface area contributed by atoms with Crippen molar-refractivity contribution in [1.82, 2.24) is 24.6 Å². The van der Waals surface area contributed by atoms with Crippen molar-refractivity contribution in [1.29, 1.82) is 0 Å². The lowest BCUT2D eigenvalue weighted by molar-refractivity contribution is 0.0771. The van der Waals surface area contributed by atoms with Gasteiger partial charge in [-0.15, -0.1) is 11.3 Å². The molecule has 0 unspecified atom stereocenters. The van der Waals surface area contributed by atoms with Gasteiger partial charge in [0.15, 0.2) is 0 Å². The number of carbonyl (C=O) groups excluding carboxylic acids is 1. The van der Waals surface area contributed by atoms with E-state index in [2.05, 4.69) is 30.0 Å². The molecule has 5 rings (SSSR count). The second kappa shape index (κ2) is 7.57. The molecule has 3 aromatic rings. The fourth-order valence-electron chi connectivity index (χ4n) is 3.85. The van der Waals surface area contributed by atoms with Crippen LogP contribution in [0, 0.1) is 13.8 Å². The predicted octanol–water partition coefficient (Wildman–Crippen LogP) is 4.07. The number of thiophene rings is 1. The van der Waals surface area contributed by atoms with Gasteiger partial charge in [-0.25, -0.2) is 14.6 Å². The van der Waals surface area contributed by atoms with Crippen molar-refractivity contribution in [2.45, 2.75) is 32.6 Å². The molecule has 29 heavy (non-hydrogen) atoms. The van der Waals surface area contributed by atoms with Gasteiger partial charge in [0.25, 0.3) is 11.9 Å². The molecule has 0 bridgehead atoms. The summed E-state index contributed by atoms with van der Waals surface area (Å²) in [5, 5.41) is 4.57. The van der Waals surface area contributed by atoms with Gasteiger partial charge in [0.1, 0.15) is 0 Å². The molecule has 150 valence electrons. The summed E-state index contributed by atoms with van der Waals surface area (Å²) in [5.41, 5.74) is 3.73. The van der Waals surface area contributed by atoms with E-state index in [-0.39, 0.29) is 5.91 Å². The van der Waals surface area contributed by atoms with Crippen molar-refractivity contribution in [3.63, 3.8) is 0 Å².